The molecule has 148 valence electrons. The van der Waals surface area contributed by atoms with Crippen LogP contribution in [0.4, 0.5) is 16.2 Å². The number of anilines is 2. The molecule has 1 aliphatic rings. The van der Waals surface area contributed by atoms with Crippen LogP contribution in [0.3, 0.4) is 0 Å². The minimum atomic E-state index is -0.324. The number of methoxy groups -OCH3 is 2. The number of rotatable bonds is 5. The topological polar surface area (TPSA) is 79.9 Å². The molecule has 0 aromatic heterocycles. The third kappa shape index (κ3) is 4.19. The minimum absolute atomic E-state index is 0.0521. The first-order valence-electron chi connectivity index (χ1n) is 9.08. The fraction of sp³-hybridized carbons (Fsp3) is 0.333. The van der Waals surface area contributed by atoms with E-state index >= 15 is 0 Å². The van der Waals surface area contributed by atoms with E-state index in [0.717, 1.165) is 16.8 Å². The van der Waals surface area contributed by atoms with Crippen LogP contribution in [0.5, 0.6) is 11.5 Å². The Kier molecular flexibility index (Phi) is 5.73. The maximum atomic E-state index is 12.4. The van der Waals surface area contributed by atoms with Crippen molar-refractivity contribution >= 4 is 23.3 Å². The number of amides is 3. The Labute approximate surface area is 164 Å². The van der Waals surface area contributed by atoms with Crippen molar-refractivity contribution in [1.29, 1.82) is 0 Å². The van der Waals surface area contributed by atoms with Gasteiger partial charge in [-0.25, -0.2) is 4.79 Å². The molecular formula is C21H25N3O4. The molecule has 0 spiro atoms. The lowest BCUT2D eigenvalue weighted by molar-refractivity contribution is -0.117. The second kappa shape index (κ2) is 8.21. The van der Waals surface area contributed by atoms with E-state index in [1.807, 2.05) is 32.0 Å². The first-order chi connectivity index (χ1) is 13.4. The number of nitrogens with one attached hydrogen (secondary N) is 2. The summed E-state index contributed by atoms with van der Waals surface area (Å²) in [5.41, 5.74) is 3.70. The molecular weight excluding hydrogens is 358 g/mol. The van der Waals surface area contributed by atoms with Crippen molar-refractivity contribution in [2.75, 3.05) is 31.0 Å². The monoisotopic (exact) mass is 383 g/mol. The second-order valence-corrected chi connectivity index (χ2v) is 6.84. The number of ether oxygens (including phenoxy) is 2. The molecule has 0 saturated carbocycles. The van der Waals surface area contributed by atoms with Crippen LogP contribution in [0.2, 0.25) is 0 Å². The molecule has 1 aliphatic heterocycles. The summed E-state index contributed by atoms with van der Waals surface area (Å²) in [4.78, 5) is 26.4. The highest BCUT2D eigenvalue weighted by atomic mass is 16.5. The molecule has 0 radical (unpaired) electrons. The predicted octanol–water partition coefficient (Wildman–Crippen LogP) is 3.25. The zero-order valence-corrected chi connectivity index (χ0v) is 16.5. The summed E-state index contributed by atoms with van der Waals surface area (Å²) in [6.07, 6.45) is 0.245. The Morgan fingerprint density at radius 2 is 1.79 bits per heavy atom. The molecule has 3 rings (SSSR count). The highest BCUT2D eigenvalue weighted by Gasteiger charge is 2.32. The van der Waals surface area contributed by atoms with E-state index in [1.165, 1.54) is 0 Å². The SMILES string of the molecule is COc1ccc(N2CC(NC(=O)Nc3ccc(C)c(C)c3)CC2=O)cc1OC. The average Bonchev–Trinajstić information content (AvgIpc) is 3.04. The lowest BCUT2D eigenvalue weighted by Crippen LogP contribution is -2.39. The van der Waals surface area contributed by atoms with Gasteiger partial charge in [-0.15, -0.1) is 0 Å². The van der Waals surface area contributed by atoms with Gasteiger partial charge < -0.3 is 25.0 Å². The Morgan fingerprint density at radius 3 is 2.46 bits per heavy atom. The Morgan fingerprint density at radius 1 is 1.04 bits per heavy atom. The van der Waals surface area contributed by atoms with Crippen molar-refractivity contribution in [3.05, 3.63) is 47.5 Å². The van der Waals surface area contributed by atoms with Crippen LogP contribution in [-0.2, 0) is 4.79 Å². The molecule has 2 aromatic rings. The maximum absolute atomic E-state index is 12.4. The number of urea groups is 1. The van der Waals surface area contributed by atoms with Crippen LogP contribution in [0.25, 0.3) is 0 Å². The van der Waals surface area contributed by atoms with E-state index in [-0.39, 0.29) is 24.4 Å². The number of carbonyl (C=O) groups is 2. The van der Waals surface area contributed by atoms with E-state index in [2.05, 4.69) is 10.6 Å². The molecule has 7 nitrogen and oxygen atoms in total. The molecule has 2 aromatic carbocycles. The van der Waals surface area contributed by atoms with Crippen molar-refractivity contribution in [2.45, 2.75) is 26.3 Å². The second-order valence-electron chi connectivity index (χ2n) is 6.84. The van der Waals surface area contributed by atoms with Crippen molar-refractivity contribution in [3.63, 3.8) is 0 Å². The quantitative estimate of drug-likeness (QED) is 0.831. The molecule has 2 N–H and O–H groups in total. The fourth-order valence-electron chi connectivity index (χ4n) is 3.22. The van der Waals surface area contributed by atoms with Gasteiger partial charge in [0.2, 0.25) is 5.91 Å². The van der Waals surface area contributed by atoms with E-state index in [9.17, 15) is 9.59 Å². The van der Waals surface area contributed by atoms with E-state index in [4.69, 9.17) is 9.47 Å². The van der Waals surface area contributed by atoms with E-state index in [0.29, 0.717) is 23.7 Å². The zero-order valence-electron chi connectivity index (χ0n) is 16.5. The number of benzene rings is 2. The normalized spacial score (nSPS) is 16.1. The lowest BCUT2D eigenvalue weighted by Gasteiger charge is -2.19. The van der Waals surface area contributed by atoms with Crippen molar-refractivity contribution < 1.29 is 19.1 Å². The third-order valence-corrected chi connectivity index (χ3v) is 4.90. The molecule has 1 heterocycles. The third-order valence-electron chi connectivity index (χ3n) is 4.90. The van der Waals surface area contributed by atoms with E-state index < -0.39 is 0 Å². The van der Waals surface area contributed by atoms with Gasteiger partial charge in [0.05, 0.1) is 20.3 Å². The van der Waals surface area contributed by atoms with Crippen molar-refractivity contribution in [2.24, 2.45) is 0 Å². The summed E-state index contributed by atoms with van der Waals surface area (Å²) in [5, 5.41) is 5.70. The molecule has 3 amide bonds. The Hall–Kier alpha value is -3.22. The number of aryl methyl sites for hydroxylation is 2. The average molecular weight is 383 g/mol. The summed E-state index contributed by atoms with van der Waals surface area (Å²) in [6.45, 7) is 4.41. The summed E-state index contributed by atoms with van der Waals surface area (Å²) < 4.78 is 10.5. The summed E-state index contributed by atoms with van der Waals surface area (Å²) >= 11 is 0. The van der Waals surface area contributed by atoms with Crippen molar-refractivity contribution in [3.8, 4) is 11.5 Å². The Balaban J connectivity index is 1.64. The highest BCUT2D eigenvalue weighted by molar-refractivity contribution is 5.98. The summed E-state index contributed by atoms with van der Waals surface area (Å²) in [6, 6.07) is 10.5. The predicted molar refractivity (Wildman–Crippen MR) is 108 cm³/mol. The van der Waals surface area contributed by atoms with Crippen molar-refractivity contribution in [1.82, 2.24) is 5.32 Å². The molecule has 1 atom stereocenters. The first-order valence-corrected chi connectivity index (χ1v) is 9.08. The van der Waals surface area contributed by atoms with Gasteiger partial charge in [-0.05, 0) is 49.2 Å². The molecule has 1 unspecified atom stereocenters. The number of nitrogens with zero attached hydrogens (tertiary/aromatic N) is 1. The fourth-order valence-corrected chi connectivity index (χ4v) is 3.22. The van der Waals surface area contributed by atoms with Gasteiger partial charge in [0.15, 0.2) is 11.5 Å². The van der Waals surface area contributed by atoms with Crippen LogP contribution >= 0.6 is 0 Å². The van der Waals surface area contributed by atoms with Crippen LogP contribution in [0.15, 0.2) is 36.4 Å². The molecule has 7 heteroatoms. The number of carbonyl (C=O) groups excluding carboxylic acids is 2. The van der Waals surface area contributed by atoms with Gasteiger partial charge in [-0.2, -0.15) is 0 Å². The van der Waals surface area contributed by atoms with E-state index in [1.54, 1.807) is 37.3 Å². The molecule has 0 bridgehead atoms. The highest BCUT2D eigenvalue weighted by Crippen LogP contribution is 2.33. The number of hydrogen-bond donors (Lipinski definition) is 2. The van der Waals surface area contributed by atoms with Crippen LogP contribution in [0.1, 0.15) is 17.5 Å². The minimum Gasteiger partial charge on any atom is -0.493 e. The van der Waals surface area contributed by atoms with Gasteiger partial charge in [0, 0.05) is 30.4 Å². The molecule has 1 saturated heterocycles. The standard InChI is InChI=1S/C21H25N3O4/c1-13-5-6-15(9-14(13)2)22-21(26)23-16-10-20(25)24(12-16)17-7-8-18(27-3)19(11-17)28-4/h5-9,11,16H,10,12H2,1-4H3,(H2,22,23,26). The largest absolute Gasteiger partial charge is 0.493 e. The maximum Gasteiger partial charge on any atom is 0.319 e. The summed E-state index contributed by atoms with van der Waals surface area (Å²) in [5.74, 6) is 1.10. The van der Waals surface area contributed by atoms with Crippen LogP contribution in [0, 0.1) is 13.8 Å². The lowest BCUT2D eigenvalue weighted by atomic mass is 10.1. The van der Waals surface area contributed by atoms with Gasteiger partial charge in [-0.3, -0.25) is 4.79 Å². The molecule has 28 heavy (non-hydrogen) atoms. The van der Waals surface area contributed by atoms with Crippen LogP contribution < -0.4 is 25.0 Å². The Bertz CT molecular complexity index is 897. The number of hydrogen-bond acceptors (Lipinski definition) is 4. The first kappa shape index (κ1) is 19.5. The van der Waals surface area contributed by atoms with Gasteiger partial charge in [-0.1, -0.05) is 6.07 Å². The molecule has 1 fully saturated rings. The van der Waals surface area contributed by atoms with Crippen LogP contribution in [-0.4, -0.2) is 38.7 Å². The van der Waals surface area contributed by atoms with Gasteiger partial charge in [0.25, 0.3) is 0 Å². The van der Waals surface area contributed by atoms with Gasteiger partial charge in [0.1, 0.15) is 0 Å². The zero-order chi connectivity index (χ0) is 20.3. The summed E-state index contributed by atoms with van der Waals surface area (Å²) in [7, 11) is 3.11. The molecule has 0 aliphatic carbocycles. The smallest absolute Gasteiger partial charge is 0.319 e. The van der Waals surface area contributed by atoms with Gasteiger partial charge >= 0.3 is 6.03 Å².